The van der Waals surface area contributed by atoms with Crippen LogP contribution in [-0.4, -0.2) is 65.9 Å². The van der Waals surface area contributed by atoms with Crippen molar-refractivity contribution >= 4 is 48.6 Å². The smallest absolute Gasteiger partial charge is 0.410 e. The third-order valence-electron chi connectivity index (χ3n) is 6.44. The van der Waals surface area contributed by atoms with Gasteiger partial charge in [0.15, 0.2) is 5.82 Å². The zero-order chi connectivity index (χ0) is 24.6. The predicted molar refractivity (Wildman–Crippen MR) is 126 cm³/mol. The molecule has 0 aliphatic carbocycles. The highest BCUT2D eigenvalue weighted by Crippen LogP contribution is 2.45. The average Bonchev–Trinajstić information content (AvgIpc) is 3.26. The van der Waals surface area contributed by atoms with Crippen LogP contribution in [0.1, 0.15) is 45.2 Å². The van der Waals surface area contributed by atoms with E-state index < -0.39 is 26.4 Å². The second-order valence-corrected chi connectivity index (χ2v) is 12.8. The summed E-state index contributed by atoms with van der Waals surface area (Å²) in [5.74, 6) is -0.444. The van der Waals surface area contributed by atoms with Crippen molar-refractivity contribution in [1.82, 2.24) is 14.9 Å². The van der Waals surface area contributed by atoms with Gasteiger partial charge in [-0.2, -0.15) is 0 Å². The third kappa shape index (κ3) is 3.74. The van der Waals surface area contributed by atoms with Crippen molar-refractivity contribution in [3.05, 3.63) is 21.4 Å². The topological polar surface area (TPSA) is 102 Å². The number of likely N-dealkylation sites (tertiary alicyclic amines) is 1. The number of sulfone groups is 1. The number of rotatable bonds is 3. The first-order chi connectivity index (χ1) is 15.9. The summed E-state index contributed by atoms with van der Waals surface area (Å²) >= 11 is 3.30. The van der Waals surface area contributed by atoms with Crippen molar-refractivity contribution in [2.45, 2.75) is 70.2 Å². The molecule has 2 saturated heterocycles. The molecule has 2 unspecified atom stereocenters. The second-order valence-electron chi connectivity index (χ2n) is 9.87. The van der Waals surface area contributed by atoms with Crippen LogP contribution in [0.4, 0.5) is 15.0 Å². The molecule has 34 heavy (non-hydrogen) atoms. The second kappa shape index (κ2) is 7.99. The van der Waals surface area contributed by atoms with Gasteiger partial charge in [0.1, 0.15) is 16.9 Å². The van der Waals surface area contributed by atoms with Gasteiger partial charge in [-0.1, -0.05) is 6.92 Å². The Morgan fingerprint density at radius 2 is 1.85 bits per heavy atom. The van der Waals surface area contributed by atoms with Gasteiger partial charge in [-0.3, -0.25) is 0 Å². The van der Waals surface area contributed by atoms with Crippen LogP contribution in [0.25, 0.3) is 10.9 Å². The number of anilines is 1. The van der Waals surface area contributed by atoms with Crippen LogP contribution in [-0.2, 0) is 32.5 Å². The van der Waals surface area contributed by atoms with Gasteiger partial charge in [0.25, 0.3) is 0 Å². The Morgan fingerprint density at radius 1 is 1.21 bits per heavy atom. The summed E-state index contributed by atoms with van der Waals surface area (Å²) in [7, 11) is -3.79. The predicted octanol–water partition coefficient (Wildman–Crippen LogP) is 3.55. The molecule has 2 aromatic rings. The zero-order valence-corrected chi connectivity index (χ0v) is 21.8. The van der Waals surface area contributed by atoms with Gasteiger partial charge in [0.2, 0.25) is 15.0 Å². The van der Waals surface area contributed by atoms with E-state index in [9.17, 15) is 13.2 Å². The molecule has 0 N–H and O–H groups in total. The Morgan fingerprint density at radius 3 is 2.47 bits per heavy atom. The van der Waals surface area contributed by atoms with Crippen molar-refractivity contribution < 1.29 is 27.1 Å². The number of carbonyl (C=O) groups is 1. The minimum Gasteiger partial charge on any atom is -0.444 e. The van der Waals surface area contributed by atoms with Gasteiger partial charge >= 0.3 is 6.09 Å². The van der Waals surface area contributed by atoms with Gasteiger partial charge in [-0.05, 0) is 48.7 Å². The number of fused-ring (bicyclic) bond motifs is 5. The number of hydrogen-bond acceptors (Lipinski definition) is 8. The number of nitrogens with zero attached hydrogens (tertiary/aromatic N) is 4. The molecule has 2 atom stereocenters. The number of amides is 1. The standard InChI is InChI=1S/C22H26BrFN4O5S/c1-5-34(30,31)20-25-18-15(13-9-32-10-14(13)16(23)17(18)24)19(26-20)28-11-6-12(28)8-27(7-11)21(29)33-22(2,3)4/h11-12H,5-10H2,1-4H3. The van der Waals surface area contributed by atoms with Crippen LogP contribution in [0.3, 0.4) is 0 Å². The molecular weight excluding hydrogens is 531 g/mol. The summed E-state index contributed by atoms with van der Waals surface area (Å²) < 4.78 is 52.2. The summed E-state index contributed by atoms with van der Waals surface area (Å²) in [5.41, 5.74) is 0.799. The normalized spacial score (nSPS) is 22.1. The Hall–Kier alpha value is -2.05. The van der Waals surface area contributed by atoms with Crippen molar-refractivity contribution in [2.24, 2.45) is 0 Å². The Kier molecular flexibility index (Phi) is 5.56. The number of piperidine rings is 1. The number of benzene rings is 1. The number of ether oxygens (including phenoxy) is 2. The van der Waals surface area contributed by atoms with Crippen LogP contribution in [0.2, 0.25) is 0 Å². The number of halogens is 2. The number of aromatic nitrogens is 2. The maximum absolute atomic E-state index is 15.4. The number of carbonyl (C=O) groups excluding carboxylic acids is 1. The van der Waals surface area contributed by atoms with Crippen LogP contribution >= 0.6 is 15.9 Å². The Balaban J connectivity index is 1.61. The molecule has 184 valence electrons. The van der Waals surface area contributed by atoms with Gasteiger partial charge in [0, 0.05) is 18.7 Å². The van der Waals surface area contributed by atoms with E-state index in [1.807, 2.05) is 25.7 Å². The van der Waals surface area contributed by atoms with E-state index in [4.69, 9.17) is 9.47 Å². The van der Waals surface area contributed by atoms with Crippen molar-refractivity contribution in [1.29, 1.82) is 0 Å². The summed E-state index contributed by atoms with van der Waals surface area (Å²) in [6.07, 6.45) is 0.436. The molecule has 1 amide bonds. The summed E-state index contributed by atoms with van der Waals surface area (Å²) in [4.78, 5) is 24.9. The number of piperazine rings is 1. The molecule has 2 bridgehead atoms. The van der Waals surface area contributed by atoms with E-state index in [0.29, 0.717) is 29.9 Å². The van der Waals surface area contributed by atoms with Crippen LogP contribution in [0.5, 0.6) is 0 Å². The van der Waals surface area contributed by atoms with E-state index >= 15 is 4.39 Å². The van der Waals surface area contributed by atoms with Crippen molar-refractivity contribution in [3.8, 4) is 0 Å². The average molecular weight is 557 g/mol. The lowest BCUT2D eigenvalue weighted by atomic mass is 9.86. The molecule has 0 radical (unpaired) electrons. The van der Waals surface area contributed by atoms with E-state index in [1.165, 1.54) is 6.92 Å². The maximum atomic E-state index is 15.4. The Bertz CT molecular complexity index is 1300. The molecule has 1 aromatic carbocycles. The molecule has 2 fully saturated rings. The van der Waals surface area contributed by atoms with E-state index in [0.717, 1.165) is 12.0 Å². The molecule has 12 heteroatoms. The lowest BCUT2D eigenvalue weighted by Crippen LogP contribution is -2.70. The molecule has 9 nitrogen and oxygen atoms in total. The first kappa shape index (κ1) is 23.7. The molecule has 5 rings (SSSR count). The highest BCUT2D eigenvalue weighted by atomic mass is 79.9. The zero-order valence-electron chi connectivity index (χ0n) is 19.4. The number of hydrogen-bond donors (Lipinski definition) is 0. The summed E-state index contributed by atoms with van der Waals surface area (Å²) in [6.45, 7) is 8.28. The largest absolute Gasteiger partial charge is 0.444 e. The third-order valence-corrected chi connectivity index (χ3v) is 8.77. The van der Waals surface area contributed by atoms with Gasteiger partial charge in [0.05, 0.1) is 40.9 Å². The SMILES string of the molecule is CCS(=O)(=O)c1nc(N2C3CC2CN(C(=O)OC(C)(C)C)C3)c2c3c(c(Br)c(F)c2n1)COC3. The molecule has 3 aliphatic rings. The lowest BCUT2D eigenvalue weighted by molar-refractivity contribution is 0.00845. The lowest BCUT2D eigenvalue weighted by Gasteiger charge is -2.56. The molecule has 1 aromatic heterocycles. The minimum absolute atomic E-state index is 0.0397. The fourth-order valence-corrected chi connectivity index (χ4v) is 6.09. The van der Waals surface area contributed by atoms with Crippen LogP contribution in [0, 0.1) is 5.82 Å². The van der Waals surface area contributed by atoms with E-state index in [2.05, 4.69) is 25.9 Å². The van der Waals surface area contributed by atoms with Crippen LogP contribution in [0.15, 0.2) is 9.63 Å². The first-order valence-corrected chi connectivity index (χ1v) is 13.6. The van der Waals surface area contributed by atoms with Gasteiger partial charge in [-0.15, -0.1) is 0 Å². The fraction of sp³-hybridized carbons (Fsp3) is 0.591. The van der Waals surface area contributed by atoms with Gasteiger partial charge in [-0.25, -0.2) is 27.6 Å². The highest BCUT2D eigenvalue weighted by molar-refractivity contribution is 9.10. The minimum atomic E-state index is -3.79. The van der Waals surface area contributed by atoms with Crippen molar-refractivity contribution in [2.75, 3.05) is 23.7 Å². The summed E-state index contributed by atoms with van der Waals surface area (Å²) in [5, 5.41) is 0.0832. The van der Waals surface area contributed by atoms with Crippen molar-refractivity contribution in [3.63, 3.8) is 0 Å². The van der Waals surface area contributed by atoms with E-state index in [1.54, 1.807) is 4.90 Å². The quantitative estimate of drug-likeness (QED) is 0.529. The monoisotopic (exact) mass is 556 g/mol. The van der Waals surface area contributed by atoms with E-state index in [-0.39, 0.29) is 47.1 Å². The molecule has 0 spiro atoms. The highest BCUT2D eigenvalue weighted by Gasteiger charge is 2.48. The van der Waals surface area contributed by atoms with Gasteiger partial charge < -0.3 is 19.3 Å². The molecule has 3 aliphatic heterocycles. The molecule has 4 heterocycles. The molecule has 0 saturated carbocycles. The first-order valence-electron chi connectivity index (χ1n) is 11.2. The fourth-order valence-electron chi connectivity index (χ4n) is 4.84. The Labute approximate surface area is 205 Å². The van der Waals surface area contributed by atoms with Crippen LogP contribution < -0.4 is 4.90 Å². The maximum Gasteiger partial charge on any atom is 0.410 e. The summed E-state index contributed by atoms with van der Waals surface area (Å²) in [6, 6.07) is -0.183. The molecular formula is C22H26BrFN4O5S.